The van der Waals surface area contributed by atoms with Crippen molar-refractivity contribution < 1.29 is 4.74 Å². The second-order valence-electron chi connectivity index (χ2n) is 4.81. The van der Waals surface area contributed by atoms with E-state index in [0.717, 1.165) is 39.0 Å². The molecule has 2 rings (SSSR count). The predicted molar refractivity (Wildman–Crippen MR) is 84.9 cm³/mol. The molecule has 0 radical (unpaired) electrons. The molecule has 106 valence electrons. The third-order valence-electron chi connectivity index (χ3n) is 3.20. The van der Waals surface area contributed by atoms with Crippen molar-refractivity contribution in [3.8, 4) is 5.75 Å². The first kappa shape index (κ1) is 15.0. The second-order valence-corrected chi connectivity index (χ2v) is 5.72. The van der Waals surface area contributed by atoms with Crippen LogP contribution in [-0.2, 0) is 13.0 Å². The molecule has 0 aliphatic heterocycles. The molecule has 0 amide bonds. The molecule has 0 unspecified atom stereocenters. The maximum Gasteiger partial charge on any atom is 0.130 e. The molecule has 2 aromatic rings. The summed E-state index contributed by atoms with van der Waals surface area (Å²) in [5, 5.41) is 0. The minimum atomic E-state index is 0.479. The van der Waals surface area contributed by atoms with E-state index in [1.807, 2.05) is 26.0 Å². The summed E-state index contributed by atoms with van der Waals surface area (Å²) in [7, 11) is 0. The van der Waals surface area contributed by atoms with Crippen LogP contribution in [0.25, 0.3) is 0 Å². The van der Waals surface area contributed by atoms with Crippen LogP contribution in [0.4, 0.5) is 0 Å². The molecule has 1 aromatic carbocycles. The van der Waals surface area contributed by atoms with Gasteiger partial charge in [0.25, 0.3) is 0 Å². The van der Waals surface area contributed by atoms with Gasteiger partial charge in [0.05, 0.1) is 5.69 Å². The van der Waals surface area contributed by atoms with Gasteiger partial charge in [0.2, 0.25) is 0 Å². The van der Waals surface area contributed by atoms with Crippen LogP contribution in [0.15, 0.2) is 34.9 Å². The lowest BCUT2D eigenvalue weighted by Gasteiger charge is -2.15. The van der Waals surface area contributed by atoms with Gasteiger partial charge in [-0.1, -0.05) is 22.0 Å². The Morgan fingerprint density at radius 3 is 2.75 bits per heavy atom. The molecule has 0 fully saturated rings. The van der Waals surface area contributed by atoms with Crippen LogP contribution in [0.3, 0.4) is 0 Å². The zero-order chi connectivity index (χ0) is 14.5. The largest absolute Gasteiger partial charge is 0.487 e. The van der Waals surface area contributed by atoms with E-state index in [2.05, 4.69) is 33.0 Å². The molecule has 0 saturated carbocycles. The number of aromatic nitrogens is 1. The molecule has 3 nitrogen and oxygen atoms in total. The van der Waals surface area contributed by atoms with Gasteiger partial charge in [-0.2, -0.15) is 0 Å². The van der Waals surface area contributed by atoms with E-state index in [1.54, 1.807) is 6.20 Å². The summed E-state index contributed by atoms with van der Waals surface area (Å²) >= 11 is 3.52. The lowest BCUT2D eigenvalue weighted by molar-refractivity contribution is 0.295. The zero-order valence-electron chi connectivity index (χ0n) is 11.8. The number of halogens is 1. The molecule has 0 bridgehead atoms. The monoisotopic (exact) mass is 334 g/mol. The first-order chi connectivity index (χ1) is 9.61. The Morgan fingerprint density at radius 1 is 1.25 bits per heavy atom. The van der Waals surface area contributed by atoms with Crippen molar-refractivity contribution in [2.45, 2.75) is 26.9 Å². The fraction of sp³-hybridized carbons (Fsp3) is 0.312. The Bertz CT molecular complexity index is 599. The van der Waals surface area contributed by atoms with E-state index in [0.29, 0.717) is 13.2 Å². The Morgan fingerprint density at radius 2 is 2.05 bits per heavy atom. The Labute approximate surface area is 128 Å². The normalized spacial score (nSPS) is 10.6. The second kappa shape index (κ2) is 6.86. The Balaban J connectivity index is 2.22. The van der Waals surface area contributed by atoms with Crippen molar-refractivity contribution in [3.05, 3.63) is 57.3 Å². The Hall–Kier alpha value is -1.39. The standard InChI is InChI=1S/C16H19BrN2O/c1-11-4-3-7-19-15(11)10-20-16-12(2)8-14(17)9-13(16)5-6-18/h3-4,7-9H,5-6,10,18H2,1-2H3. The van der Waals surface area contributed by atoms with Gasteiger partial charge in [-0.15, -0.1) is 0 Å². The third kappa shape index (κ3) is 3.58. The van der Waals surface area contributed by atoms with Crippen LogP contribution in [0, 0.1) is 13.8 Å². The molecule has 0 aliphatic rings. The van der Waals surface area contributed by atoms with Gasteiger partial charge in [-0.3, -0.25) is 4.98 Å². The van der Waals surface area contributed by atoms with Crippen molar-refractivity contribution in [2.24, 2.45) is 5.73 Å². The van der Waals surface area contributed by atoms with Crippen LogP contribution in [-0.4, -0.2) is 11.5 Å². The van der Waals surface area contributed by atoms with Gasteiger partial charge in [-0.25, -0.2) is 0 Å². The van der Waals surface area contributed by atoms with Gasteiger partial charge in [0, 0.05) is 10.7 Å². The highest BCUT2D eigenvalue weighted by molar-refractivity contribution is 9.10. The summed E-state index contributed by atoms with van der Waals surface area (Å²) in [4.78, 5) is 4.36. The number of pyridine rings is 1. The van der Waals surface area contributed by atoms with Gasteiger partial charge in [-0.05, 0) is 61.7 Å². The highest BCUT2D eigenvalue weighted by atomic mass is 79.9. The average molecular weight is 335 g/mol. The van der Waals surface area contributed by atoms with Crippen molar-refractivity contribution in [1.82, 2.24) is 4.98 Å². The first-order valence-corrected chi connectivity index (χ1v) is 7.43. The minimum Gasteiger partial charge on any atom is -0.487 e. The summed E-state index contributed by atoms with van der Waals surface area (Å²) in [6.07, 6.45) is 2.59. The molecule has 0 saturated heterocycles. The molecule has 0 spiro atoms. The van der Waals surface area contributed by atoms with E-state index < -0.39 is 0 Å². The predicted octanol–water partition coefficient (Wildman–Crippen LogP) is 3.54. The topological polar surface area (TPSA) is 48.1 Å². The fourth-order valence-corrected chi connectivity index (χ4v) is 2.78. The number of ether oxygens (including phenoxy) is 1. The van der Waals surface area contributed by atoms with Gasteiger partial charge >= 0.3 is 0 Å². The van der Waals surface area contributed by atoms with Crippen molar-refractivity contribution >= 4 is 15.9 Å². The van der Waals surface area contributed by atoms with Crippen molar-refractivity contribution in [3.63, 3.8) is 0 Å². The van der Waals surface area contributed by atoms with Crippen LogP contribution >= 0.6 is 15.9 Å². The van der Waals surface area contributed by atoms with Crippen molar-refractivity contribution in [1.29, 1.82) is 0 Å². The molecule has 0 atom stereocenters. The van der Waals surface area contributed by atoms with Gasteiger partial charge < -0.3 is 10.5 Å². The van der Waals surface area contributed by atoms with Crippen LogP contribution in [0.5, 0.6) is 5.75 Å². The number of hydrogen-bond donors (Lipinski definition) is 1. The van der Waals surface area contributed by atoms with E-state index in [9.17, 15) is 0 Å². The average Bonchev–Trinajstić information content (AvgIpc) is 2.40. The van der Waals surface area contributed by atoms with E-state index >= 15 is 0 Å². The van der Waals surface area contributed by atoms with Gasteiger partial charge in [0.15, 0.2) is 0 Å². The molecule has 4 heteroatoms. The first-order valence-electron chi connectivity index (χ1n) is 6.64. The van der Waals surface area contributed by atoms with E-state index in [1.165, 1.54) is 0 Å². The highest BCUT2D eigenvalue weighted by Gasteiger charge is 2.10. The molecular formula is C16H19BrN2O. The molecule has 1 aromatic heterocycles. The number of nitrogens with zero attached hydrogens (tertiary/aromatic N) is 1. The van der Waals surface area contributed by atoms with E-state index in [-0.39, 0.29) is 0 Å². The molecule has 1 heterocycles. The minimum absolute atomic E-state index is 0.479. The third-order valence-corrected chi connectivity index (χ3v) is 3.66. The number of nitrogens with two attached hydrogens (primary N) is 1. The number of rotatable bonds is 5. The van der Waals surface area contributed by atoms with E-state index in [4.69, 9.17) is 10.5 Å². The summed E-state index contributed by atoms with van der Waals surface area (Å²) in [5.41, 5.74) is 10.0. The Kier molecular flexibility index (Phi) is 5.15. The SMILES string of the molecule is Cc1cccnc1COc1c(C)cc(Br)cc1CCN. The molecule has 0 aliphatic carbocycles. The molecule has 20 heavy (non-hydrogen) atoms. The summed E-state index contributed by atoms with van der Waals surface area (Å²) in [5.74, 6) is 0.920. The maximum atomic E-state index is 6.00. The summed E-state index contributed by atoms with van der Waals surface area (Å²) in [6.45, 7) is 5.17. The zero-order valence-corrected chi connectivity index (χ0v) is 13.4. The lowest BCUT2D eigenvalue weighted by Crippen LogP contribution is -2.08. The fourth-order valence-electron chi connectivity index (χ4n) is 2.16. The number of hydrogen-bond acceptors (Lipinski definition) is 3. The lowest BCUT2D eigenvalue weighted by atomic mass is 10.1. The van der Waals surface area contributed by atoms with Crippen molar-refractivity contribution in [2.75, 3.05) is 6.54 Å². The van der Waals surface area contributed by atoms with Crippen LogP contribution < -0.4 is 10.5 Å². The summed E-state index contributed by atoms with van der Waals surface area (Å²) in [6, 6.07) is 8.10. The summed E-state index contributed by atoms with van der Waals surface area (Å²) < 4.78 is 7.06. The van der Waals surface area contributed by atoms with Crippen LogP contribution in [0.1, 0.15) is 22.4 Å². The quantitative estimate of drug-likeness (QED) is 0.909. The smallest absolute Gasteiger partial charge is 0.130 e. The molecular weight excluding hydrogens is 316 g/mol. The number of aryl methyl sites for hydroxylation is 2. The van der Waals surface area contributed by atoms with Crippen LogP contribution in [0.2, 0.25) is 0 Å². The number of benzene rings is 1. The van der Waals surface area contributed by atoms with Gasteiger partial charge in [0.1, 0.15) is 12.4 Å². The maximum absolute atomic E-state index is 6.00. The molecule has 2 N–H and O–H groups in total. The highest BCUT2D eigenvalue weighted by Crippen LogP contribution is 2.29.